The summed E-state index contributed by atoms with van der Waals surface area (Å²) in [5, 5.41) is 10.9. The van der Waals surface area contributed by atoms with Gasteiger partial charge in [0.15, 0.2) is 5.82 Å². The molecular formula is C24H28N2O2. The summed E-state index contributed by atoms with van der Waals surface area (Å²) < 4.78 is 5.58. The first-order chi connectivity index (χ1) is 13.6. The van der Waals surface area contributed by atoms with Crippen molar-refractivity contribution in [2.45, 2.75) is 50.9 Å². The van der Waals surface area contributed by atoms with E-state index >= 15 is 0 Å². The maximum Gasteiger partial charge on any atom is 0.162 e. The van der Waals surface area contributed by atoms with Gasteiger partial charge in [0, 0.05) is 29.6 Å². The number of methoxy groups -OCH3 is 1. The highest BCUT2D eigenvalue weighted by molar-refractivity contribution is 5.69. The molecule has 0 radical (unpaired) electrons. The molecule has 1 aromatic carbocycles. The standard InChI is InChI=1S/C24H28N2O2/c1-3-4-15-13-25-23(26-14-15)19-8-20(21(27)9-22(19)28-2)24-10-16-5-17(11-24)7-18(6-16)12-24/h3-4,8-9,13-14,16-18,27H,5-7,10-12H2,1-2H3/b4-3+. The van der Waals surface area contributed by atoms with Crippen LogP contribution in [-0.4, -0.2) is 22.2 Å². The highest BCUT2D eigenvalue weighted by Crippen LogP contribution is 2.62. The highest BCUT2D eigenvalue weighted by Gasteiger charge is 2.52. The van der Waals surface area contributed by atoms with Crippen molar-refractivity contribution in [2.75, 3.05) is 7.11 Å². The molecule has 0 atom stereocenters. The molecule has 1 aromatic heterocycles. The molecule has 0 aliphatic heterocycles. The van der Waals surface area contributed by atoms with Crippen molar-refractivity contribution in [3.63, 3.8) is 0 Å². The lowest BCUT2D eigenvalue weighted by atomic mass is 9.48. The van der Waals surface area contributed by atoms with Crippen LogP contribution in [-0.2, 0) is 5.41 Å². The Morgan fingerprint density at radius 1 is 1.04 bits per heavy atom. The summed E-state index contributed by atoms with van der Waals surface area (Å²) in [4.78, 5) is 9.14. The van der Waals surface area contributed by atoms with E-state index in [9.17, 15) is 5.11 Å². The minimum Gasteiger partial charge on any atom is -0.508 e. The van der Waals surface area contributed by atoms with Gasteiger partial charge in [0.05, 0.1) is 12.7 Å². The molecule has 4 fully saturated rings. The number of allylic oxidation sites excluding steroid dienone is 1. The Hall–Kier alpha value is -2.36. The molecule has 28 heavy (non-hydrogen) atoms. The number of phenolic OH excluding ortho intramolecular Hbond substituents is 1. The molecule has 146 valence electrons. The minimum atomic E-state index is 0.116. The van der Waals surface area contributed by atoms with E-state index < -0.39 is 0 Å². The summed E-state index contributed by atoms with van der Waals surface area (Å²) in [7, 11) is 1.64. The van der Waals surface area contributed by atoms with Crippen LogP contribution in [0.1, 0.15) is 56.6 Å². The fourth-order valence-corrected chi connectivity index (χ4v) is 6.53. The zero-order valence-corrected chi connectivity index (χ0v) is 16.7. The minimum absolute atomic E-state index is 0.116. The molecule has 4 saturated carbocycles. The number of aromatic nitrogens is 2. The summed E-state index contributed by atoms with van der Waals surface area (Å²) >= 11 is 0. The fraction of sp³-hybridized carbons (Fsp3) is 0.500. The summed E-state index contributed by atoms with van der Waals surface area (Å²) in [5.41, 5.74) is 3.05. The predicted octanol–water partition coefficient (Wildman–Crippen LogP) is 5.36. The summed E-state index contributed by atoms with van der Waals surface area (Å²) in [5.74, 6) is 4.13. The van der Waals surface area contributed by atoms with Gasteiger partial charge >= 0.3 is 0 Å². The van der Waals surface area contributed by atoms with E-state index in [0.717, 1.165) is 34.4 Å². The first-order valence-corrected chi connectivity index (χ1v) is 10.5. The van der Waals surface area contributed by atoms with Crippen molar-refractivity contribution >= 4 is 6.08 Å². The first kappa shape index (κ1) is 17.7. The van der Waals surface area contributed by atoms with Crippen LogP contribution >= 0.6 is 0 Å². The largest absolute Gasteiger partial charge is 0.508 e. The third-order valence-electron chi connectivity index (χ3n) is 7.20. The van der Waals surface area contributed by atoms with Gasteiger partial charge in [-0.25, -0.2) is 9.97 Å². The summed E-state index contributed by atoms with van der Waals surface area (Å²) in [6.45, 7) is 1.98. The topological polar surface area (TPSA) is 55.2 Å². The molecule has 0 spiro atoms. The molecule has 0 saturated heterocycles. The highest BCUT2D eigenvalue weighted by atomic mass is 16.5. The zero-order valence-electron chi connectivity index (χ0n) is 16.7. The lowest BCUT2D eigenvalue weighted by Gasteiger charge is -2.57. The van der Waals surface area contributed by atoms with Gasteiger partial charge in [-0.15, -0.1) is 0 Å². The van der Waals surface area contributed by atoms with Crippen LogP contribution in [0.15, 0.2) is 30.6 Å². The number of rotatable bonds is 4. The van der Waals surface area contributed by atoms with Gasteiger partial charge in [-0.1, -0.05) is 12.2 Å². The van der Waals surface area contributed by atoms with Crippen molar-refractivity contribution in [3.8, 4) is 22.9 Å². The van der Waals surface area contributed by atoms with E-state index in [1.807, 2.05) is 31.5 Å². The predicted molar refractivity (Wildman–Crippen MR) is 110 cm³/mol. The monoisotopic (exact) mass is 376 g/mol. The van der Waals surface area contributed by atoms with Crippen LogP contribution < -0.4 is 4.74 Å². The molecule has 0 amide bonds. The molecule has 0 unspecified atom stereocenters. The van der Waals surface area contributed by atoms with E-state index in [0.29, 0.717) is 17.3 Å². The maximum atomic E-state index is 10.9. The van der Waals surface area contributed by atoms with E-state index in [2.05, 4.69) is 16.0 Å². The lowest BCUT2D eigenvalue weighted by molar-refractivity contribution is -0.00613. The fourth-order valence-electron chi connectivity index (χ4n) is 6.53. The van der Waals surface area contributed by atoms with Crippen LogP contribution in [0.25, 0.3) is 17.5 Å². The van der Waals surface area contributed by atoms with Crippen molar-refractivity contribution in [3.05, 3.63) is 41.7 Å². The number of aromatic hydroxyl groups is 1. The molecule has 4 heteroatoms. The number of phenols is 1. The molecule has 4 bridgehead atoms. The third-order valence-corrected chi connectivity index (χ3v) is 7.20. The van der Waals surface area contributed by atoms with Gasteiger partial charge in [-0.05, 0) is 74.7 Å². The molecule has 4 aliphatic rings. The van der Waals surface area contributed by atoms with E-state index in [4.69, 9.17) is 4.74 Å². The summed E-state index contributed by atoms with van der Waals surface area (Å²) in [6, 6.07) is 3.89. The maximum absolute atomic E-state index is 10.9. The molecule has 1 heterocycles. The van der Waals surface area contributed by atoms with Gasteiger partial charge in [0.2, 0.25) is 0 Å². The SMILES string of the molecule is C/C=C/c1cnc(-c2cc(C34CC5CC(CC(C5)C3)C4)c(O)cc2OC)nc1. The van der Waals surface area contributed by atoms with Gasteiger partial charge < -0.3 is 9.84 Å². The Morgan fingerprint density at radius 3 is 2.18 bits per heavy atom. The Balaban J connectivity index is 1.59. The van der Waals surface area contributed by atoms with Crippen LogP contribution in [0.2, 0.25) is 0 Å². The van der Waals surface area contributed by atoms with Crippen molar-refractivity contribution < 1.29 is 9.84 Å². The second kappa shape index (κ2) is 6.61. The number of hydrogen-bond acceptors (Lipinski definition) is 4. The lowest BCUT2D eigenvalue weighted by Crippen LogP contribution is -2.48. The van der Waals surface area contributed by atoms with Gasteiger partial charge in [0.1, 0.15) is 11.5 Å². The van der Waals surface area contributed by atoms with E-state index in [1.165, 1.54) is 38.5 Å². The smallest absolute Gasteiger partial charge is 0.162 e. The molecular weight excluding hydrogens is 348 g/mol. The first-order valence-electron chi connectivity index (χ1n) is 10.5. The van der Waals surface area contributed by atoms with Crippen LogP contribution in [0, 0.1) is 17.8 Å². The molecule has 1 N–H and O–H groups in total. The van der Waals surface area contributed by atoms with E-state index in [-0.39, 0.29) is 5.41 Å². The zero-order chi connectivity index (χ0) is 19.3. The quantitative estimate of drug-likeness (QED) is 0.780. The number of benzene rings is 1. The van der Waals surface area contributed by atoms with Gasteiger partial charge in [-0.3, -0.25) is 0 Å². The van der Waals surface area contributed by atoms with Crippen molar-refractivity contribution in [2.24, 2.45) is 17.8 Å². The molecule has 4 nitrogen and oxygen atoms in total. The molecule has 6 rings (SSSR count). The van der Waals surface area contributed by atoms with Gasteiger partial charge in [-0.2, -0.15) is 0 Å². The average Bonchev–Trinajstić information content (AvgIpc) is 2.67. The van der Waals surface area contributed by atoms with Crippen LogP contribution in [0.5, 0.6) is 11.5 Å². The Kier molecular flexibility index (Phi) is 4.18. The Labute approximate surface area is 166 Å². The average molecular weight is 377 g/mol. The van der Waals surface area contributed by atoms with Crippen molar-refractivity contribution in [1.82, 2.24) is 9.97 Å². The second-order valence-electron chi connectivity index (χ2n) is 9.11. The Bertz CT molecular complexity index is 882. The van der Waals surface area contributed by atoms with Gasteiger partial charge in [0.25, 0.3) is 0 Å². The molecule has 2 aromatic rings. The summed E-state index contributed by atoms with van der Waals surface area (Å²) in [6.07, 6.45) is 15.4. The Morgan fingerprint density at radius 2 is 1.64 bits per heavy atom. The number of nitrogens with zero attached hydrogens (tertiary/aromatic N) is 2. The number of ether oxygens (including phenoxy) is 1. The van der Waals surface area contributed by atoms with Crippen LogP contribution in [0.4, 0.5) is 0 Å². The van der Waals surface area contributed by atoms with E-state index in [1.54, 1.807) is 13.2 Å². The number of hydrogen-bond donors (Lipinski definition) is 1. The molecule has 4 aliphatic carbocycles. The normalized spacial score (nSPS) is 30.9. The van der Waals surface area contributed by atoms with Crippen molar-refractivity contribution in [1.29, 1.82) is 0 Å². The second-order valence-corrected chi connectivity index (χ2v) is 9.11. The third kappa shape index (κ3) is 2.81. The van der Waals surface area contributed by atoms with Crippen LogP contribution in [0.3, 0.4) is 0 Å².